The monoisotopic (exact) mass is 285 g/mol. The van der Waals surface area contributed by atoms with E-state index in [1.807, 2.05) is 23.9 Å². The van der Waals surface area contributed by atoms with Crippen LogP contribution in [0, 0.1) is 0 Å². The molecule has 0 aliphatic rings. The Bertz CT molecular complexity index is 338. The van der Waals surface area contributed by atoms with Crippen molar-refractivity contribution in [3.63, 3.8) is 0 Å². The van der Waals surface area contributed by atoms with E-state index in [4.69, 9.17) is 11.6 Å². The zero-order valence-corrected chi connectivity index (χ0v) is 13.4. The summed E-state index contributed by atoms with van der Waals surface area (Å²) < 4.78 is 0.362. The minimum absolute atomic E-state index is 0.362. The molecule has 102 valence electrons. The third kappa shape index (κ3) is 4.18. The van der Waals surface area contributed by atoms with Crippen LogP contribution in [-0.4, -0.2) is 17.5 Å². The van der Waals surface area contributed by atoms with Crippen molar-refractivity contribution in [2.45, 2.75) is 44.4 Å². The average Bonchev–Trinajstić information content (AvgIpc) is 2.41. The van der Waals surface area contributed by atoms with Gasteiger partial charge in [0.25, 0.3) is 0 Å². The van der Waals surface area contributed by atoms with Crippen molar-refractivity contribution in [2.24, 2.45) is 0 Å². The van der Waals surface area contributed by atoms with Gasteiger partial charge < -0.3 is 5.32 Å². The third-order valence-electron chi connectivity index (χ3n) is 3.82. The van der Waals surface area contributed by atoms with Crippen LogP contribution in [0.2, 0.25) is 5.02 Å². The molecule has 0 saturated heterocycles. The van der Waals surface area contributed by atoms with Gasteiger partial charge in [-0.25, -0.2) is 0 Å². The molecule has 0 fully saturated rings. The minimum Gasteiger partial charge on any atom is -0.309 e. The first-order chi connectivity index (χ1) is 8.56. The summed E-state index contributed by atoms with van der Waals surface area (Å²) in [5, 5.41) is 4.45. The molecule has 1 unspecified atom stereocenters. The molecule has 1 aromatic rings. The Kier molecular flexibility index (Phi) is 6.54. The highest BCUT2D eigenvalue weighted by Crippen LogP contribution is 2.30. The van der Waals surface area contributed by atoms with Gasteiger partial charge in [0.1, 0.15) is 0 Å². The number of benzene rings is 1. The molecule has 0 aliphatic heterocycles. The fraction of sp³-hybridized carbons (Fsp3) is 0.600. The van der Waals surface area contributed by atoms with Crippen LogP contribution < -0.4 is 5.32 Å². The lowest BCUT2D eigenvalue weighted by Gasteiger charge is -2.31. The van der Waals surface area contributed by atoms with Crippen molar-refractivity contribution < 1.29 is 0 Å². The number of halogens is 1. The van der Waals surface area contributed by atoms with Crippen molar-refractivity contribution in [3.05, 3.63) is 34.9 Å². The van der Waals surface area contributed by atoms with Crippen molar-refractivity contribution in [1.82, 2.24) is 5.32 Å². The lowest BCUT2D eigenvalue weighted by atomic mass is 10.0. The molecular weight excluding hydrogens is 262 g/mol. The van der Waals surface area contributed by atoms with E-state index < -0.39 is 0 Å². The summed E-state index contributed by atoms with van der Waals surface area (Å²) in [4.78, 5) is 0. The first-order valence-corrected chi connectivity index (χ1v) is 8.21. The molecule has 1 nitrogen and oxygen atoms in total. The van der Waals surface area contributed by atoms with Gasteiger partial charge in [0.05, 0.1) is 0 Å². The predicted octanol–water partition coefficient (Wildman–Crippen LogP) is 4.91. The predicted molar refractivity (Wildman–Crippen MR) is 84.7 cm³/mol. The summed E-state index contributed by atoms with van der Waals surface area (Å²) >= 11 is 7.88. The minimum atomic E-state index is 0.362. The molecule has 1 aromatic carbocycles. The van der Waals surface area contributed by atoms with E-state index in [1.54, 1.807) is 0 Å². The van der Waals surface area contributed by atoms with E-state index in [1.165, 1.54) is 18.4 Å². The second-order valence-corrected chi connectivity index (χ2v) is 6.46. The Morgan fingerprint density at radius 3 is 2.22 bits per heavy atom. The topological polar surface area (TPSA) is 12.0 Å². The summed E-state index contributed by atoms with van der Waals surface area (Å²) in [7, 11) is 0. The summed E-state index contributed by atoms with van der Waals surface area (Å²) in [5.74, 6) is 0. The van der Waals surface area contributed by atoms with Crippen LogP contribution >= 0.6 is 23.4 Å². The highest BCUT2D eigenvalue weighted by Gasteiger charge is 2.25. The second kappa shape index (κ2) is 7.42. The lowest BCUT2D eigenvalue weighted by molar-refractivity contribution is 0.460. The number of hydrogen-bond acceptors (Lipinski definition) is 2. The van der Waals surface area contributed by atoms with Crippen molar-refractivity contribution >= 4 is 23.4 Å². The summed E-state index contributed by atoms with van der Waals surface area (Å²) in [6, 6.07) is 8.47. The van der Waals surface area contributed by atoms with Gasteiger partial charge in [-0.3, -0.25) is 0 Å². The van der Waals surface area contributed by atoms with Crippen molar-refractivity contribution in [2.75, 3.05) is 12.8 Å². The zero-order chi connectivity index (χ0) is 13.6. The number of thioether (sulfide) groups is 1. The normalized spacial score (nSPS) is 13.6. The van der Waals surface area contributed by atoms with Crippen LogP contribution in [0.3, 0.4) is 0 Å². The molecular formula is C15H24ClNS. The van der Waals surface area contributed by atoms with Gasteiger partial charge in [-0.05, 0) is 43.7 Å². The van der Waals surface area contributed by atoms with Gasteiger partial charge in [-0.15, -0.1) is 0 Å². The number of nitrogens with one attached hydrogen (secondary N) is 1. The number of rotatable bonds is 7. The Labute approximate surface area is 121 Å². The van der Waals surface area contributed by atoms with Crippen LogP contribution in [0.25, 0.3) is 0 Å². The molecule has 1 atom stereocenters. The molecule has 0 radical (unpaired) electrons. The molecule has 18 heavy (non-hydrogen) atoms. The lowest BCUT2D eigenvalue weighted by Crippen LogP contribution is -2.37. The van der Waals surface area contributed by atoms with E-state index in [0.717, 1.165) is 11.6 Å². The fourth-order valence-electron chi connectivity index (χ4n) is 2.07. The quantitative estimate of drug-likeness (QED) is 0.764. The average molecular weight is 286 g/mol. The van der Waals surface area contributed by atoms with Gasteiger partial charge in [0, 0.05) is 22.4 Å². The number of hydrogen-bond donors (Lipinski definition) is 1. The zero-order valence-electron chi connectivity index (χ0n) is 11.8. The molecule has 0 aromatic heterocycles. The smallest absolute Gasteiger partial charge is 0.0406 e. The third-order valence-corrected chi connectivity index (χ3v) is 5.66. The molecule has 0 heterocycles. The molecule has 0 amide bonds. The largest absolute Gasteiger partial charge is 0.309 e. The van der Waals surface area contributed by atoms with Crippen LogP contribution in [-0.2, 0) is 0 Å². The van der Waals surface area contributed by atoms with Gasteiger partial charge in [-0.2, -0.15) is 11.8 Å². The Morgan fingerprint density at radius 1 is 1.22 bits per heavy atom. The van der Waals surface area contributed by atoms with E-state index in [2.05, 4.69) is 44.5 Å². The van der Waals surface area contributed by atoms with Crippen LogP contribution in [0.15, 0.2) is 24.3 Å². The summed E-state index contributed by atoms with van der Waals surface area (Å²) in [6.45, 7) is 7.80. The highest BCUT2D eigenvalue weighted by atomic mass is 35.5. The van der Waals surface area contributed by atoms with E-state index >= 15 is 0 Å². The van der Waals surface area contributed by atoms with E-state index in [0.29, 0.717) is 10.8 Å². The Morgan fingerprint density at radius 2 is 1.78 bits per heavy atom. The second-order valence-electron chi connectivity index (χ2n) is 4.75. The molecule has 1 N–H and O–H groups in total. The first-order valence-electron chi connectivity index (χ1n) is 6.61. The molecule has 0 aliphatic carbocycles. The van der Waals surface area contributed by atoms with Gasteiger partial charge in [0.15, 0.2) is 0 Å². The maximum absolute atomic E-state index is 5.91. The standard InChI is InChI=1S/C15H24ClNS/c1-5-15(6-2,18-4)11-17-12(3)13-7-9-14(16)10-8-13/h7-10,12,17H,5-6,11H2,1-4H3. The SMILES string of the molecule is CCC(CC)(CNC(C)c1ccc(Cl)cc1)SC. The van der Waals surface area contributed by atoms with E-state index in [-0.39, 0.29) is 0 Å². The molecule has 0 spiro atoms. The fourth-order valence-corrected chi connectivity index (χ4v) is 3.00. The van der Waals surface area contributed by atoms with Crippen molar-refractivity contribution in [1.29, 1.82) is 0 Å². The maximum atomic E-state index is 5.91. The van der Waals surface area contributed by atoms with E-state index in [9.17, 15) is 0 Å². The highest BCUT2D eigenvalue weighted by molar-refractivity contribution is 8.00. The van der Waals surface area contributed by atoms with Crippen LogP contribution in [0.1, 0.15) is 45.2 Å². The van der Waals surface area contributed by atoms with Crippen molar-refractivity contribution in [3.8, 4) is 0 Å². The van der Waals surface area contributed by atoms with Crippen LogP contribution in [0.4, 0.5) is 0 Å². The molecule has 3 heteroatoms. The van der Waals surface area contributed by atoms with Gasteiger partial charge in [0.2, 0.25) is 0 Å². The molecule has 1 rings (SSSR count). The molecule has 0 bridgehead atoms. The summed E-state index contributed by atoms with van der Waals surface area (Å²) in [5.41, 5.74) is 1.29. The Balaban J connectivity index is 2.59. The van der Waals surface area contributed by atoms with Gasteiger partial charge >= 0.3 is 0 Å². The Hall–Kier alpha value is -0.180. The van der Waals surface area contributed by atoms with Crippen LogP contribution in [0.5, 0.6) is 0 Å². The maximum Gasteiger partial charge on any atom is 0.0406 e. The molecule has 0 saturated carbocycles. The summed E-state index contributed by atoms with van der Waals surface area (Å²) in [6.07, 6.45) is 4.61. The first kappa shape index (κ1) is 15.9. The van der Waals surface area contributed by atoms with Gasteiger partial charge in [-0.1, -0.05) is 37.6 Å².